The van der Waals surface area contributed by atoms with Gasteiger partial charge < -0.3 is 19.2 Å². The van der Waals surface area contributed by atoms with E-state index in [1.807, 2.05) is 22.9 Å². The van der Waals surface area contributed by atoms with Gasteiger partial charge in [0.15, 0.2) is 0 Å². The van der Waals surface area contributed by atoms with Gasteiger partial charge in [-0.15, -0.1) is 0 Å². The minimum atomic E-state index is -1.26. The molecule has 1 aromatic carbocycles. The molecule has 0 bridgehead atoms. The molecule has 19 heavy (non-hydrogen) atoms. The SMILES string of the molecule is [N-]=[N+]=NCCn1ccc2c(OCC(=O)[O-])cccc21. The van der Waals surface area contributed by atoms with Crippen molar-refractivity contribution >= 4 is 16.9 Å². The molecular weight excluding hydrogens is 248 g/mol. The predicted octanol–water partition coefficient (Wildman–Crippen LogP) is 1.08. The zero-order chi connectivity index (χ0) is 13.7. The molecule has 0 unspecified atom stereocenters. The number of hydrogen-bond acceptors (Lipinski definition) is 4. The van der Waals surface area contributed by atoms with E-state index in [0.29, 0.717) is 18.8 Å². The second kappa shape index (κ2) is 5.79. The fraction of sp³-hybridized carbons (Fsp3) is 0.250. The maximum atomic E-state index is 10.4. The first kappa shape index (κ1) is 12.8. The topological polar surface area (TPSA) is 103 Å². The molecule has 0 N–H and O–H groups in total. The van der Waals surface area contributed by atoms with Crippen LogP contribution in [0.2, 0.25) is 0 Å². The van der Waals surface area contributed by atoms with Crippen LogP contribution < -0.4 is 9.84 Å². The lowest BCUT2D eigenvalue weighted by Crippen LogP contribution is -2.28. The number of carboxylic acid groups (broad SMARTS) is 1. The van der Waals surface area contributed by atoms with Gasteiger partial charge >= 0.3 is 0 Å². The summed E-state index contributed by atoms with van der Waals surface area (Å²) >= 11 is 0. The van der Waals surface area contributed by atoms with Gasteiger partial charge in [0.2, 0.25) is 0 Å². The summed E-state index contributed by atoms with van der Waals surface area (Å²) in [5.41, 5.74) is 9.13. The molecule has 1 heterocycles. The van der Waals surface area contributed by atoms with Crippen molar-refractivity contribution in [2.24, 2.45) is 5.11 Å². The number of carbonyl (C=O) groups is 1. The number of aromatic nitrogens is 1. The van der Waals surface area contributed by atoms with E-state index < -0.39 is 12.6 Å². The lowest BCUT2D eigenvalue weighted by Gasteiger charge is -2.08. The van der Waals surface area contributed by atoms with E-state index in [-0.39, 0.29) is 0 Å². The Kier molecular flexibility index (Phi) is 3.90. The number of rotatable bonds is 6. The maximum Gasteiger partial charge on any atom is 0.129 e. The standard InChI is InChI=1S/C12H12N4O3/c13-15-14-5-7-16-6-4-9-10(16)2-1-3-11(9)19-8-12(17)18/h1-4,6H,5,7-8H2,(H,17,18)/p-1. The highest BCUT2D eigenvalue weighted by molar-refractivity contribution is 5.86. The number of aliphatic carboxylic acids is 1. The van der Waals surface area contributed by atoms with Crippen molar-refractivity contribution in [2.45, 2.75) is 6.54 Å². The number of carbonyl (C=O) groups excluding carboxylic acids is 1. The molecule has 0 aliphatic heterocycles. The van der Waals surface area contributed by atoms with Gasteiger partial charge in [-0.1, -0.05) is 11.2 Å². The molecule has 0 radical (unpaired) electrons. The smallest absolute Gasteiger partial charge is 0.129 e. The molecule has 7 nitrogen and oxygen atoms in total. The molecule has 2 rings (SSSR count). The zero-order valence-corrected chi connectivity index (χ0v) is 10.0. The molecule has 0 fully saturated rings. The van der Waals surface area contributed by atoms with Crippen molar-refractivity contribution in [3.05, 3.63) is 40.9 Å². The van der Waals surface area contributed by atoms with E-state index in [9.17, 15) is 9.90 Å². The highest BCUT2D eigenvalue weighted by Gasteiger charge is 2.06. The summed E-state index contributed by atoms with van der Waals surface area (Å²) in [5, 5.41) is 14.7. The molecule has 0 saturated heterocycles. The van der Waals surface area contributed by atoms with Crippen LogP contribution in [0, 0.1) is 0 Å². The van der Waals surface area contributed by atoms with E-state index in [1.165, 1.54) is 0 Å². The summed E-state index contributed by atoms with van der Waals surface area (Å²) in [6.45, 7) is 0.422. The van der Waals surface area contributed by atoms with Gasteiger partial charge in [0, 0.05) is 29.6 Å². The van der Waals surface area contributed by atoms with E-state index in [4.69, 9.17) is 10.3 Å². The van der Waals surface area contributed by atoms with Crippen LogP contribution in [0.25, 0.3) is 21.3 Å². The summed E-state index contributed by atoms with van der Waals surface area (Å²) in [6, 6.07) is 7.19. The van der Waals surface area contributed by atoms with Crippen LogP contribution >= 0.6 is 0 Å². The Labute approximate surface area is 108 Å². The van der Waals surface area contributed by atoms with Crippen LogP contribution in [-0.2, 0) is 11.3 Å². The maximum absolute atomic E-state index is 10.4. The van der Waals surface area contributed by atoms with E-state index in [1.54, 1.807) is 12.1 Å². The molecule has 7 heteroatoms. The Morgan fingerprint density at radius 2 is 2.32 bits per heavy atom. The molecule has 98 valence electrons. The number of nitrogens with zero attached hydrogens (tertiary/aromatic N) is 4. The van der Waals surface area contributed by atoms with Gasteiger partial charge in [-0.3, -0.25) is 0 Å². The Morgan fingerprint density at radius 1 is 1.47 bits per heavy atom. The minimum Gasteiger partial charge on any atom is -0.546 e. The molecule has 0 aliphatic carbocycles. The average Bonchev–Trinajstić information content (AvgIpc) is 2.80. The van der Waals surface area contributed by atoms with Crippen molar-refractivity contribution in [1.82, 2.24) is 4.57 Å². The molecule has 1 aromatic heterocycles. The quantitative estimate of drug-likeness (QED) is 0.440. The van der Waals surface area contributed by atoms with Crippen LogP contribution in [0.4, 0.5) is 0 Å². The number of benzene rings is 1. The number of fused-ring (bicyclic) bond motifs is 1. The largest absolute Gasteiger partial charge is 0.546 e. The summed E-state index contributed by atoms with van der Waals surface area (Å²) < 4.78 is 7.07. The van der Waals surface area contributed by atoms with Crippen LogP contribution in [0.15, 0.2) is 35.6 Å². The van der Waals surface area contributed by atoms with Crippen molar-refractivity contribution in [1.29, 1.82) is 0 Å². The summed E-state index contributed by atoms with van der Waals surface area (Å²) in [4.78, 5) is 13.1. The predicted molar refractivity (Wildman–Crippen MR) is 66.5 cm³/mol. The van der Waals surface area contributed by atoms with Crippen molar-refractivity contribution in [2.75, 3.05) is 13.2 Å². The number of carboxylic acids is 1. The third-order valence-electron chi connectivity index (χ3n) is 2.62. The number of hydrogen-bond donors (Lipinski definition) is 0. The lowest BCUT2D eigenvalue weighted by molar-refractivity contribution is -0.307. The first-order chi connectivity index (χ1) is 9.22. The number of azide groups is 1. The molecule has 0 amide bonds. The van der Waals surface area contributed by atoms with Gasteiger partial charge in [0.05, 0.1) is 11.5 Å². The molecule has 0 spiro atoms. The Balaban J connectivity index is 2.25. The summed E-state index contributed by atoms with van der Waals surface area (Å²) in [6.07, 6.45) is 1.84. The van der Waals surface area contributed by atoms with Gasteiger partial charge in [0.1, 0.15) is 12.4 Å². The van der Waals surface area contributed by atoms with Gasteiger partial charge in [-0.2, -0.15) is 0 Å². The fourth-order valence-corrected chi connectivity index (χ4v) is 1.85. The molecule has 2 aromatic rings. The molecular formula is C12H11N4O3-. The van der Waals surface area contributed by atoms with Crippen molar-refractivity contribution in [3.8, 4) is 5.75 Å². The van der Waals surface area contributed by atoms with Crippen molar-refractivity contribution < 1.29 is 14.6 Å². The molecule has 0 saturated carbocycles. The molecule has 0 atom stereocenters. The minimum absolute atomic E-state index is 0.352. The zero-order valence-electron chi connectivity index (χ0n) is 10.0. The number of ether oxygens (including phenoxy) is 1. The second-order valence-corrected chi connectivity index (χ2v) is 3.81. The van der Waals surface area contributed by atoms with Crippen LogP contribution in [0.3, 0.4) is 0 Å². The third-order valence-corrected chi connectivity index (χ3v) is 2.62. The molecule has 0 aliphatic rings. The Hall–Kier alpha value is -2.66. The normalized spacial score (nSPS) is 10.1. The Morgan fingerprint density at radius 3 is 3.05 bits per heavy atom. The average molecular weight is 259 g/mol. The third kappa shape index (κ3) is 2.97. The highest BCUT2D eigenvalue weighted by atomic mass is 16.5. The Bertz CT molecular complexity index is 643. The summed E-state index contributed by atoms with van der Waals surface area (Å²) in [5.74, 6) is -0.774. The lowest BCUT2D eigenvalue weighted by atomic mass is 10.2. The second-order valence-electron chi connectivity index (χ2n) is 3.81. The van der Waals surface area contributed by atoms with Crippen LogP contribution in [-0.4, -0.2) is 23.7 Å². The van der Waals surface area contributed by atoms with E-state index in [2.05, 4.69) is 10.0 Å². The monoisotopic (exact) mass is 259 g/mol. The van der Waals surface area contributed by atoms with E-state index in [0.717, 1.165) is 10.9 Å². The fourth-order valence-electron chi connectivity index (χ4n) is 1.85. The van der Waals surface area contributed by atoms with Crippen molar-refractivity contribution in [3.63, 3.8) is 0 Å². The highest BCUT2D eigenvalue weighted by Crippen LogP contribution is 2.26. The first-order valence-electron chi connectivity index (χ1n) is 5.63. The van der Waals surface area contributed by atoms with Gasteiger partial charge in [0.25, 0.3) is 0 Å². The van der Waals surface area contributed by atoms with Crippen LogP contribution in [0.1, 0.15) is 0 Å². The van der Waals surface area contributed by atoms with Crippen LogP contribution in [0.5, 0.6) is 5.75 Å². The van der Waals surface area contributed by atoms with E-state index >= 15 is 0 Å². The summed E-state index contributed by atoms with van der Waals surface area (Å²) in [7, 11) is 0. The van der Waals surface area contributed by atoms with Gasteiger partial charge in [-0.25, -0.2) is 0 Å². The first-order valence-corrected chi connectivity index (χ1v) is 5.63. The van der Waals surface area contributed by atoms with Gasteiger partial charge in [-0.05, 0) is 23.7 Å².